The first-order valence-corrected chi connectivity index (χ1v) is 7.76. The lowest BCUT2D eigenvalue weighted by Crippen LogP contribution is -2.24. The first-order valence-electron chi connectivity index (χ1n) is 7.76. The standard InChI is InChI=1S/C17H27NO2/c1-13(2)18-12-14-11-16(19-3)9-10-17(14)20-15-7-5-4-6-8-15/h9-11,13,15,18H,4-8,12H2,1-3H3. The molecule has 0 spiro atoms. The van der Waals surface area contributed by atoms with Crippen LogP contribution in [0.1, 0.15) is 51.5 Å². The van der Waals surface area contributed by atoms with Crippen molar-refractivity contribution in [1.29, 1.82) is 0 Å². The fraction of sp³-hybridized carbons (Fsp3) is 0.647. The van der Waals surface area contributed by atoms with Crippen LogP contribution < -0.4 is 14.8 Å². The molecular formula is C17H27NO2. The summed E-state index contributed by atoms with van der Waals surface area (Å²) in [5, 5.41) is 3.46. The summed E-state index contributed by atoms with van der Waals surface area (Å²) in [6.07, 6.45) is 6.69. The monoisotopic (exact) mass is 277 g/mol. The molecule has 0 radical (unpaired) electrons. The molecule has 1 aliphatic carbocycles. The number of rotatable bonds is 6. The molecule has 0 atom stereocenters. The number of methoxy groups -OCH3 is 1. The van der Waals surface area contributed by atoms with Gasteiger partial charge in [0.05, 0.1) is 13.2 Å². The molecule has 1 N–H and O–H groups in total. The van der Waals surface area contributed by atoms with Gasteiger partial charge < -0.3 is 14.8 Å². The van der Waals surface area contributed by atoms with Crippen molar-refractivity contribution < 1.29 is 9.47 Å². The van der Waals surface area contributed by atoms with E-state index in [-0.39, 0.29) is 0 Å². The lowest BCUT2D eigenvalue weighted by atomic mass is 9.97. The molecule has 0 aliphatic heterocycles. The van der Waals surface area contributed by atoms with E-state index in [0.717, 1.165) is 18.0 Å². The van der Waals surface area contributed by atoms with Crippen LogP contribution in [-0.4, -0.2) is 19.3 Å². The molecule has 0 heterocycles. The van der Waals surface area contributed by atoms with Gasteiger partial charge in [0.25, 0.3) is 0 Å². The van der Waals surface area contributed by atoms with Gasteiger partial charge in [-0.15, -0.1) is 0 Å². The Bertz CT molecular complexity index is 411. The quantitative estimate of drug-likeness (QED) is 0.855. The maximum absolute atomic E-state index is 6.22. The normalized spacial score (nSPS) is 16.4. The minimum Gasteiger partial charge on any atom is -0.497 e. The topological polar surface area (TPSA) is 30.5 Å². The third kappa shape index (κ3) is 4.41. The molecule has 0 aromatic heterocycles. The maximum atomic E-state index is 6.22. The minimum absolute atomic E-state index is 0.384. The molecule has 1 aromatic rings. The van der Waals surface area contributed by atoms with Crippen LogP contribution in [-0.2, 0) is 6.54 Å². The van der Waals surface area contributed by atoms with Gasteiger partial charge in [0, 0.05) is 18.2 Å². The Hall–Kier alpha value is -1.22. The van der Waals surface area contributed by atoms with Gasteiger partial charge in [-0.25, -0.2) is 0 Å². The molecular weight excluding hydrogens is 250 g/mol. The van der Waals surface area contributed by atoms with Crippen molar-refractivity contribution in [2.24, 2.45) is 0 Å². The largest absolute Gasteiger partial charge is 0.497 e. The van der Waals surface area contributed by atoms with Gasteiger partial charge in [0.1, 0.15) is 11.5 Å². The molecule has 20 heavy (non-hydrogen) atoms. The van der Waals surface area contributed by atoms with Crippen molar-refractivity contribution in [1.82, 2.24) is 5.32 Å². The second-order valence-electron chi connectivity index (χ2n) is 5.89. The molecule has 112 valence electrons. The van der Waals surface area contributed by atoms with E-state index in [9.17, 15) is 0 Å². The van der Waals surface area contributed by atoms with Crippen molar-refractivity contribution in [2.45, 2.75) is 64.6 Å². The molecule has 0 saturated heterocycles. The highest BCUT2D eigenvalue weighted by molar-refractivity contribution is 5.40. The van der Waals surface area contributed by atoms with E-state index in [2.05, 4.69) is 25.2 Å². The number of hydrogen-bond acceptors (Lipinski definition) is 3. The second kappa shape index (κ2) is 7.53. The average Bonchev–Trinajstić information content (AvgIpc) is 2.47. The molecule has 1 fully saturated rings. The Morgan fingerprint density at radius 2 is 1.95 bits per heavy atom. The van der Waals surface area contributed by atoms with Gasteiger partial charge in [-0.1, -0.05) is 20.3 Å². The highest BCUT2D eigenvalue weighted by Crippen LogP contribution is 2.28. The highest BCUT2D eigenvalue weighted by Gasteiger charge is 2.16. The molecule has 3 heteroatoms. The van der Waals surface area contributed by atoms with Gasteiger partial charge in [0.15, 0.2) is 0 Å². The Balaban J connectivity index is 2.08. The zero-order valence-electron chi connectivity index (χ0n) is 12.9. The average molecular weight is 277 g/mol. The van der Waals surface area contributed by atoms with Crippen LogP contribution >= 0.6 is 0 Å². The number of ether oxygens (including phenoxy) is 2. The predicted octanol–water partition coefficient (Wildman–Crippen LogP) is 3.90. The number of hydrogen-bond donors (Lipinski definition) is 1. The zero-order valence-corrected chi connectivity index (χ0v) is 12.9. The van der Waals surface area contributed by atoms with Crippen LogP contribution in [0.4, 0.5) is 0 Å². The Labute approximate surface area is 122 Å². The van der Waals surface area contributed by atoms with E-state index < -0.39 is 0 Å². The molecule has 1 saturated carbocycles. The zero-order chi connectivity index (χ0) is 14.4. The van der Waals surface area contributed by atoms with Gasteiger partial charge in [-0.05, 0) is 43.9 Å². The summed E-state index contributed by atoms with van der Waals surface area (Å²) in [5.74, 6) is 1.90. The Kier molecular flexibility index (Phi) is 5.72. The smallest absolute Gasteiger partial charge is 0.124 e. The van der Waals surface area contributed by atoms with E-state index in [4.69, 9.17) is 9.47 Å². The molecule has 1 aliphatic rings. The summed E-state index contributed by atoms with van der Waals surface area (Å²) >= 11 is 0. The number of nitrogens with one attached hydrogen (secondary N) is 1. The third-order valence-corrected chi connectivity index (χ3v) is 3.81. The van der Waals surface area contributed by atoms with E-state index in [1.807, 2.05) is 12.1 Å². The molecule has 1 aromatic carbocycles. The summed E-state index contributed by atoms with van der Waals surface area (Å²) in [7, 11) is 1.71. The lowest BCUT2D eigenvalue weighted by Gasteiger charge is -2.25. The molecule has 0 amide bonds. The van der Waals surface area contributed by atoms with Gasteiger partial charge in [-0.3, -0.25) is 0 Å². The third-order valence-electron chi connectivity index (χ3n) is 3.81. The van der Waals surface area contributed by atoms with E-state index in [1.165, 1.54) is 37.7 Å². The highest BCUT2D eigenvalue weighted by atomic mass is 16.5. The first kappa shape index (κ1) is 15.2. The fourth-order valence-electron chi connectivity index (χ4n) is 2.61. The van der Waals surface area contributed by atoms with E-state index in [1.54, 1.807) is 7.11 Å². The van der Waals surface area contributed by atoms with E-state index >= 15 is 0 Å². The maximum Gasteiger partial charge on any atom is 0.124 e. The van der Waals surface area contributed by atoms with Gasteiger partial charge >= 0.3 is 0 Å². The number of benzene rings is 1. The van der Waals surface area contributed by atoms with Crippen molar-refractivity contribution in [3.8, 4) is 11.5 Å². The summed E-state index contributed by atoms with van der Waals surface area (Å²) in [5.41, 5.74) is 1.18. The summed E-state index contributed by atoms with van der Waals surface area (Å²) in [6.45, 7) is 5.13. The predicted molar refractivity (Wildman–Crippen MR) is 82.5 cm³/mol. The molecule has 3 nitrogen and oxygen atoms in total. The summed E-state index contributed by atoms with van der Waals surface area (Å²) in [4.78, 5) is 0. The van der Waals surface area contributed by atoms with Crippen molar-refractivity contribution in [3.05, 3.63) is 23.8 Å². The summed E-state index contributed by atoms with van der Waals surface area (Å²) < 4.78 is 11.5. The Morgan fingerprint density at radius 3 is 2.60 bits per heavy atom. The van der Waals surface area contributed by atoms with Gasteiger partial charge in [-0.2, -0.15) is 0 Å². The van der Waals surface area contributed by atoms with Crippen LogP contribution in [0.25, 0.3) is 0 Å². The lowest BCUT2D eigenvalue weighted by molar-refractivity contribution is 0.153. The van der Waals surface area contributed by atoms with Crippen LogP contribution in [0.15, 0.2) is 18.2 Å². The van der Waals surface area contributed by atoms with Crippen LogP contribution in [0, 0.1) is 0 Å². The first-order chi connectivity index (χ1) is 9.69. The molecule has 0 bridgehead atoms. The van der Waals surface area contributed by atoms with Crippen molar-refractivity contribution in [3.63, 3.8) is 0 Å². The molecule has 0 unspecified atom stereocenters. The minimum atomic E-state index is 0.384. The Morgan fingerprint density at radius 1 is 1.20 bits per heavy atom. The van der Waals surface area contributed by atoms with E-state index in [0.29, 0.717) is 12.1 Å². The summed E-state index contributed by atoms with van der Waals surface area (Å²) in [6, 6.07) is 6.57. The van der Waals surface area contributed by atoms with Crippen LogP contribution in [0.3, 0.4) is 0 Å². The van der Waals surface area contributed by atoms with Crippen molar-refractivity contribution >= 4 is 0 Å². The van der Waals surface area contributed by atoms with Crippen LogP contribution in [0.2, 0.25) is 0 Å². The molecule has 2 rings (SSSR count). The second-order valence-corrected chi connectivity index (χ2v) is 5.89. The van der Waals surface area contributed by atoms with Gasteiger partial charge in [0.2, 0.25) is 0 Å². The SMILES string of the molecule is COc1ccc(OC2CCCCC2)c(CNC(C)C)c1. The fourth-order valence-corrected chi connectivity index (χ4v) is 2.61. The van der Waals surface area contributed by atoms with Crippen LogP contribution in [0.5, 0.6) is 11.5 Å². The van der Waals surface area contributed by atoms with Crippen molar-refractivity contribution in [2.75, 3.05) is 7.11 Å².